The smallest absolute Gasteiger partial charge is 0.250 e. The minimum absolute atomic E-state index is 0.346. The van der Waals surface area contributed by atoms with Gasteiger partial charge in [-0.1, -0.05) is 0 Å². The fourth-order valence-electron chi connectivity index (χ4n) is 3.70. The normalized spacial score (nSPS) is 26.4. The molecular weight excluding hydrogens is 266 g/mol. The molecule has 2 saturated heterocycles. The van der Waals surface area contributed by atoms with Crippen molar-refractivity contribution in [2.45, 2.75) is 25.3 Å². The molecule has 0 aromatic carbocycles. The number of piperidine rings is 2. The Morgan fingerprint density at radius 1 is 1.38 bits per heavy atom. The Morgan fingerprint density at radius 2 is 2.19 bits per heavy atom. The second-order valence-electron chi connectivity index (χ2n) is 6.18. The Hall–Kier alpha value is -1.82. The number of hydrogen-bond donors (Lipinski definition) is 2. The van der Waals surface area contributed by atoms with Crippen molar-refractivity contribution in [2.24, 2.45) is 11.7 Å². The Morgan fingerprint density at radius 3 is 2.95 bits per heavy atom. The highest BCUT2D eigenvalue weighted by atomic mass is 16.1. The maximum absolute atomic E-state index is 11.4. The number of hydrogen-bond acceptors (Lipinski definition) is 5. The van der Waals surface area contributed by atoms with Gasteiger partial charge in [-0.05, 0) is 44.8 Å². The van der Waals surface area contributed by atoms with Crippen LogP contribution in [0.1, 0.15) is 29.6 Å². The molecule has 6 nitrogen and oxygen atoms in total. The van der Waals surface area contributed by atoms with E-state index in [1.165, 1.54) is 25.6 Å². The number of nitrogens with zero attached hydrogens (tertiary/aromatic N) is 3. The molecule has 1 aromatic rings. The lowest BCUT2D eigenvalue weighted by Crippen LogP contribution is -2.52. The second-order valence-corrected chi connectivity index (χ2v) is 6.18. The van der Waals surface area contributed by atoms with Crippen LogP contribution in [-0.2, 0) is 0 Å². The quantitative estimate of drug-likeness (QED) is 0.836. The molecule has 0 aliphatic carbocycles. The standard InChI is InChI=1S/C15H23N5O/c1-19-5-2-3-10-9-20(6-4-13(10)19)14-7-11(15(17)21)12(16)8-18-14/h7-8,10,13H,2-6,9,16H2,1H3,(H2,17,21). The van der Waals surface area contributed by atoms with Gasteiger partial charge < -0.3 is 21.3 Å². The van der Waals surface area contributed by atoms with Crippen LogP contribution in [0.25, 0.3) is 0 Å². The van der Waals surface area contributed by atoms with Crippen molar-refractivity contribution in [1.29, 1.82) is 0 Å². The summed E-state index contributed by atoms with van der Waals surface area (Å²) in [5.41, 5.74) is 11.8. The molecule has 3 rings (SSSR count). The highest BCUT2D eigenvalue weighted by Crippen LogP contribution is 2.31. The Bertz CT molecular complexity index is 547. The topological polar surface area (TPSA) is 88.5 Å². The van der Waals surface area contributed by atoms with Gasteiger partial charge in [-0.3, -0.25) is 4.79 Å². The summed E-state index contributed by atoms with van der Waals surface area (Å²) in [6.07, 6.45) is 5.20. The molecule has 0 spiro atoms. The average Bonchev–Trinajstić information content (AvgIpc) is 2.47. The van der Waals surface area contributed by atoms with E-state index in [-0.39, 0.29) is 0 Å². The number of anilines is 2. The lowest BCUT2D eigenvalue weighted by molar-refractivity contribution is 0.1000. The van der Waals surface area contributed by atoms with Gasteiger partial charge in [0.25, 0.3) is 5.91 Å². The summed E-state index contributed by atoms with van der Waals surface area (Å²) < 4.78 is 0. The van der Waals surface area contributed by atoms with E-state index >= 15 is 0 Å². The number of fused-ring (bicyclic) bond motifs is 1. The Balaban J connectivity index is 1.79. The molecule has 6 heteroatoms. The van der Waals surface area contributed by atoms with Crippen LogP contribution >= 0.6 is 0 Å². The fraction of sp³-hybridized carbons (Fsp3) is 0.600. The number of amides is 1. The molecule has 3 heterocycles. The number of nitrogen functional groups attached to an aromatic ring is 1. The predicted molar refractivity (Wildman–Crippen MR) is 83.1 cm³/mol. The van der Waals surface area contributed by atoms with Crippen LogP contribution in [-0.4, -0.2) is 48.5 Å². The van der Waals surface area contributed by atoms with E-state index in [1.54, 1.807) is 6.07 Å². The van der Waals surface area contributed by atoms with E-state index in [0.29, 0.717) is 23.2 Å². The highest BCUT2D eigenvalue weighted by Gasteiger charge is 2.34. The van der Waals surface area contributed by atoms with E-state index in [2.05, 4.69) is 21.8 Å². The van der Waals surface area contributed by atoms with Crippen molar-refractivity contribution in [1.82, 2.24) is 9.88 Å². The van der Waals surface area contributed by atoms with Crippen LogP contribution in [0.4, 0.5) is 11.5 Å². The number of carbonyl (C=O) groups is 1. The number of aromatic nitrogens is 1. The van der Waals surface area contributed by atoms with Crippen LogP contribution in [0.2, 0.25) is 0 Å². The Kier molecular flexibility index (Phi) is 3.71. The summed E-state index contributed by atoms with van der Waals surface area (Å²) in [5.74, 6) is 0.988. The summed E-state index contributed by atoms with van der Waals surface area (Å²) in [4.78, 5) is 20.5. The zero-order valence-electron chi connectivity index (χ0n) is 12.5. The van der Waals surface area contributed by atoms with E-state index in [4.69, 9.17) is 11.5 Å². The van der Waals surface area contributed by atoms with E-state index in [1.807, 2.05) is 0 Å². The molecular formula is C15H23N5O. The van der Waals surface area contributed by atoms with E-state index in [9.17, 15) is 4.79 Å². The Labute approximate surface area is 125 Å². The van der Waals surface area contributed by atoms with E-state index in [0.717, 1.165) is 25.3 Å². The molecule has 114 valence electrons. The van der Waals surface area contributed by atoms with Crippen LogP contribution in [0.5, 0.6) is 0 Å². The highest BCUT2D eigenvalue weighted by molar-refractivity contribution is 5.98. The van der Waals surface area contributed by atoms with Gasteiger partial charge in [0.05, 0.1) is 17.4 Å². The third-order valence-corrected chi connectivity index (χ3v) is 4.86. The molecule has 2 fully saturated rings. The van der Waals surface area contributed by atoms with Gasteiger partial charge >= 0.3 is 0 Å². The summed E-state index contributed by atoms with van der Waals surface area (Å²) in [7, 11) is 2.22. The van der Waals surface area contributed by atoms with Crippen LogP contribution in [0, 0.1) is 5.92 Å². The van der Waals surface area contributed by atoms with Gasteiger partial charge in [0.1, 0.15) is 5.82 Å². The summed E-state index contributed by atoms with van der Waals surface area (Å²) in [6.45, 7) is 3.15. The van der Waals surface area contributed by atoms with Gasteiger partial charge in [0.2, 0.25) is 0 Å². The SMILES string of the molecule is CN1CCCC2CN(c3cc(C(N)=O)c(N)cn3)CCC21. The molecule has 21 heavy (non-hydrogen) atoms. The monoisotopic (exact) mass is 289 g/mol. The maximum atomic E-state index is 11.4. The van der Waals surface area contributed by atoms with E-state index < -0.39 is 5.91 Å². The first kappa shape index (κ1) is 14.1. The zero-order chi connectivity index (χ0) is 15.0. The number of pyridine rings is 1. The lowest BCUT2D eigenvalue weighted by atomic mass is 9.84. The third kappa shape index (κ3) is 2.68. The minimum Gasteiger partial charge on any atom is -0.397 e. The molecule has 2 unspecified atom stereocenters. The van der Waals surface area contributed by atoms with Crippen molar-refractivity contribution in [2.75, 3.05) is 37.3 Å². The summed E-state index contributed by atoms with van der Waals surface area (Å²) in [5, 5.41) is 0. The lowest BCUT2D eigenvalue weighted by Gasteiger charge is -2.46. The van der Waals surface area contributed by atoms with Crippen molar-refractivity contribution in [3.63, 3.8) is 0 Å². The first-order valence-electron chi connectivity index (χ1n) is 7.57. The summed E-state index contributed by atoms with van der Waals surface area (Å²) in [6, 6.07) is 2.41. The third-order valence-electron chi connectivity index (χ3n) is 4.86. The van der Waals surface area contributed by atoms with Gasteiger partial charge in [-0.2, -0.15) is 0 Å². The van der Waals surface area contributed by atoms with Crippen LogP contribution < -0.4 is 16.4 Å². The molecule has 1 aromatic heterocycles. The van der Waals surface area contributed by atoms with Crippen molar-refractivity contribution >= 4 is 17.4 Å². The number of primary amides is 1. The zero-order valence-corrected chi connectivity index (χ0v) is 12.5. The average molecular weight is 289 g/mol. The van der Waals surface area contributed by atoms with Crippen LogP contribution in [0.3, 0.4) is 0 Å². The minimum atomic E-state index is -0.497. The first-order valence-corrected chi connectivity index (χ1v) is 7.57. The molecule has 1 amide bonds. The molecule has 0 saturated carbocycles. The number of carbonyl (C=O) groups excluding carboxylic acids is 1. The summed E-state index contributed by atoms with van der Waals surface area (Å²) >= 11 is 0. The van der Waals surface area contributed by atoms with Gasteiger partial charge in [0.15, 0.2) is 0 Å². The van der Waals surface area contributed by atoms with Crippen molar-refractivity contribution in [3.8, 4) is 0 Å². The largest absolute Gasteiger partial charge is 0.397 e. The van der Waals surface area contributed by atoms with Gasteiger partial charge in [-0.15, -0.1) is 0 Å². The molecule has 2 aliphatic heterocycles. The predicted octanol–water partition coefficient (Wildman–Crippen LogP) is 0.683. The number of likely N-dealkylation sites (tertiary alicyclic amines) is 1. The van der Waals surface area contributed by atoms with Crippen LogP contribution in [0.15, 0.2) is 12.3 Å². The first-order chi connectivity index (χ1) is 10.1. The number of nitrogens with two attached hydrogens (primary N) is 2. The van der Waals surface area contributed by atoms with Crippen molar-refractivity contribution < 1.29 is 4.79 Å². The molecule has 2 aliphatic rings. The molecule has 2 atom stereocenters. The van der Waals surface area contributed by atoms with Gasteiger partial charge in [0, 0.05) is 19.1 Å². The number of rotatable bonds is 2. The molecule has 0 radical (unpaired) electrons. The molecule has 4 N–H and O–H groups in total. The molecule has 0 bridgehead atoms. The maximum Gasteiger partial charge on any atom is 0.250 e. The van der Waals surface area contributed by atoms with Crippen molar-refractivity contribution in [3.05, 3.63) is 17.8 Å². The second kappa shape index (κ2) is 5.52. The fourth-order valence-corrected chi connectivity index (χ4v) is 3.70. The van der Waals surface area contributed by atoms with Gasteiger partial charge in [-0.25, -0.2) is 4.98 Å².